The van der Waals surface area contributed by atoms with Crippen LogP contribution in [0.1, 0.15) is 18.4 Å². The number of halogens is 2. The highest BCUT2D eigenvalue weighted by atomic mass is 79.9. The number of benzene rings is 1. The lowest BCUT2D eigenvalue weighted by atomic mass is 10.2. The first-order chi connectivity index (χ1) is 8.20. The molecule has 0 spiro atoms. The lowest BCUT2D eigenvalue weighted by molar-refractivity contribution is 0.242. The zero-order chi connectivity index (χ0) is 12.3. The van der Waals surface area contributed by atoms with Gasteiger partial charge in [0, 0.05) is 28.6 Å². The van der Waals surface area contributed by atoms with Crippen LogP contribution in [0.3, 0.4) is 0 Å². The predicted octanol–water partition coefficient (Wildman–Crippen LogP) is 3.29. The lowest BCUT2D eigenvalue weighted by Gasteiger charge is -2.24. The summed E-state index contributed by atoms with van der Waals surface area (Å²) in [4.78, 5) is 2.55. The first-order valence-corrected chi connectivity index (χ1v) is 7.20. The maximum absolute atomic E-state index is 5.96. The Morgan fingerprint density at radius 2 is 2.35 bits per heavy atom. The van der Waals surface area contributed by atoms with Crippen molar-refractivity contribution in [1.29, 1.82) is 0 Å². The Morgan fingerprint density at radius 3 is 3.06 bits per heavy atom. The fraction of sp³-hybridized carbons (Fsp3) is 0.538. The minimum atomic E-state index is 0.669. The number of nitrogens with one attached hydrogen (secondary N) is 1. The van der Waals surface area contributed by atoms with Gasteiger partial charge in [0.15, 0.2) is 0 Å². The zero-order valence-corrected chi connectivity index (χ0v) is 12.4. The van der Waals surface area contributed by atoms with Gasteiger partial charge in [0.05, 0.1) is 0 Å². The number of hydrogen-bond acceptors (Lipinski definition) is 2. The molecule has 94 valence electrons. The Morgan fingerprint density at radius 1 is 1.53 bits per heavy atom. The van der Waals surface area contributed by atoms with E-state index in [1.54, 1.807) is 0 Å². The topological polar surface area (TPSA) is 15.3 Å². The van der Waals surface area contributed by atoms with Crippen LogP contribution < -0.4 is 5.32 Å². The van der Waals surface area contributed by atoms with E-state index >= 15 is 0 Å². The molecule has 0 aromatic heterocycles. The third-order valence-electron chi connectivity index (χ3n) is 3.33. The molecule has 1 N–H and O–H groups in total. The molecule has 0 aliphatic carbocycles. The summed E-state index contributed by atoms with van der Waals surface area (Å²) >= 11 is 9.54. The maximum Gasteiger partial charge on any atom is 0.0417 e. The lowest BCUT2D eigenvalue weighted by Crippen LogP contribution is -2.36. The van der Waals surface area contributed by atoms with E-state index in [1.807, 2.05) is 19.2 Å². The summed E-state index contributed by atoms with van der Waals surface area (Å²) < 4.78 is 1.11. The van der Waals surface area contributed by atoms with Gasteiger partial charge in [-0.1, -0.05) is 33.6 Å². The van der Waals surface area contributed by atoms with Crippen LogP contribution in [0.4, 0.5) is 0 Å². The number of likely N-dealkylation sites (N-methyl/N-ethyl adjacent to an activating group) is 1. The van der Waals surface area contributed by atoms with Crippen LogP contribution in [0.2, 0.25) is 5.02 Å². The van der Waals surface area contributed by atoms with Crippen LogP contribution in [0.15, 0.2) is 22.7 Å². The SMILES string of the molecule is CNCC1CCCN1Cc1ccc(Cl)cc1Br. The molecule has 1 atom stereocenters. The second kappa shape index (κ2) is 6.19. The Bertz CT molecular complexity index is 384. The highest BCUT2D eigenvalue weighted by molar-refractivity contribution is 9.10. The number of likely N-dealkylation sites (tertiary alicyclic amines) is 1. The van der Waals surface area contributed by atoms with Crippen LogP contribution in [0.5, 0.6) is 0 Å². The van der Waals surface area contributed by atoms with E-state index in [0.29, 0.717) is 6.04 Å². The Kier molecular flexibility index (Phi) is 4.86. The fourth-order valence-electron chi connectivity index (χ4n) is 2.44. The van der Waals surface area contributed by atoms with E-state index in [4.69, 9.17) is 11.6 Å². The molecule has 1 aromatic carbocycles. The Labute approximate surface area is 116 Å². The molecule has 0 saturated carbocycles. The number of hydrogen-bond donors (Lipinski definition) is 1. The molecule has 0 bridgehead atoms. The molecule has 1 unspecified atom stereocenters. The van der Waals surface area contributed by atoms with Crippen molar-refractivity contribution < 1.29 is 0 Å². The quantitative estimate of drug-likeness (QED) is 0.917. The molecule has 1 saturated heterocycles. The summed E-state index contributed by atoms with van der Waals surface area (Å²) in [6, 6.07) is 6.72. The largest absolute Gasteiger partial charge is 0.318 e. The van der Waals surface area contributed by atoms with Gasteiger partial charge >= 0.3 is 0 Å². The van der Waals surface area contributed by atoms with E-state index in [2.05, 4.69) is 32.2 Å². The number of nitrogens with zero attached hydrogens (tertiary/aromatic N) is 1. The van der Waals surface area contributed by atoms with Gasteiger partial charge in [-0.3, -0.25) is 4.90 Å². The van der Waals surface area contributed by atoms with Gasteiger partial charge in [-0.05, 0) is 44.1 Å². The van der Waals surface area contributed by atoms with E-state index in [1.165, 1.54) is 24.9 Å². The molecule has 4 heteroatoms. The first-order valence-electron chi connectivity index (χ1n) is 6.03. The molecule has 0 amide bonds. The van der Waals surface area contributed by atoms with Gasteiger partial charge in [0.25, 0.3) is 0 Å². The van der Waals surface area contributed by atoms with Crippen molar-refractivity contribution in [3.8, 4) is 0 Å². The molecule has 1 fully saturated rings. The maximum atomic E-state index is 5.96. The second-order valence-corrected chi connectivity index (χ2v) is 5.85. The highest BCUT2D eigenvalue weighted by Gasteiger charge is 2.24. The van der Waals surface area contributed by atoms with Gasteiger partial charge in [0.1, 0.15) is 0 Å². The van der Waals surface area contributed by atoms with E-state index in [0.717, 1.165) is 22.6 Å². The van der Waals surface area contributed by atoms with Crippen molar-refractivity contribution >= 4 is 27.5 Å². The molecule has 1 aliphatic heterocycles. The molecule has 2 nitrogen and oxygen atoms in total. The molecular weight excluding hydrogens is 300 g/mol. The molecule has 1 aliphatic rings. The minimum absolute atomic E-state index is 0.669. The molecule has 0 radical (unpaired) electrons. The van der Waals surface area contributed by atoms with Gasteiger partial charge in [-0.15, -0.1) is 0 Å². The summed E-state index contributed by atoms with van der Waals surface area (Å²) in [5.74, 6) is 0. The molecule has 17 heavy (non-hydrogen) atoms. The van der Waals surface area contributed by atoms with Gasteiger partial charge < -0.3 is 5.32 Å². The predicted molar refractivity (Wildman–Crippen MR) is 76.5 cm³/mol. The molecular formula is C13H18BrClN2. The number of rotatable bonds is 4. The third-order valence-corrected chi connectivity index (χ3v) is 4.30. The van der Waals surface area contributed by atoms with E-state index in [9.17, 15) is 0 Å². The smallest absolute Gasteiger partial charge is 0.0417 e. The summed E-state index contributed by atoms with van der Waals surface area (Å²) in [7, 11) is 2.02. The van der Waals surface area contributed by atoms with Crippen molar-refractivity contribution in [2.45, 2.75) is 25.4 Å². The normalized spacial score (nSPS) is 21.0. The first kappa shape index (κ1) is 13.3. The minimum Gasteiger partial charge on any atom is -0.318 e. The van der Waals surface area contributed by atoms with Crippen molar-refractivity contribution in [2.24, 2.45) is 0 Å². The average Bonchev–Trinajstić information content (AvgIpc) is 2.71. The standard InChI is InChI=1S/C13H18BrClN2/c1-16-8-12-3-2-6-17(12)9-10-4-5-11(15)7-13(10)14/h4-5,7,12,16H,2-3,6,8-9H2,1H3. The van der Waals surface area contributed by atoms with Crippen molar-refractivity contribution in [2.75, 3.05) is 20.1 Å². The van der Waals surface area contributed by atoms with Crippen molar-refractivity contribution in [3.05, 3.63) is 33.3 Å². The van der Waals surface area contributed by atoms with Crippen LogP contribution >= 0.6 is 27.5 Å². The Balaban J connectivity index is 2.04. The monoisotopic (exact) mass is 316 g/mol. The van der Waals surface area contributed by atoms with Crippen LogP contribution in [-0.2, 0) is 6.54 Å². The van der Waals surface area contributed by atoms with Gasteiger partial charge in [-0.25, -0.2) is 0 Å². The van der Waals surface area contributed by atoms with E-state index < -0.39 is 0 Å². The summed E-state index contributed by atoms with van der Waals surface area (Å²) in [5, 5.41) is 4.06. The van der Waals surface area contributed by atoms with Gasteiger partial charge in [0.2, 0.25) is 0 Å². The summed E-state index contributed by atoms with van der Waals surface area (Å²) in [5.41, 5.74) is 1.32. The van der Waals surface area contributed by atoms with E-state index in [-0.39, 0.29) is 0 Å². The second-order valence-electron chi connectivity index (χ2n) is 4.56. The average molecular weight is 318 g/mol. The van der Waals surface area contributed by atoms with Crippen LogP contribution in [-0.4, -0.2) is 31.1 Å². The molecule has 1 aromatic rings. The highest BCUT2D eigenvalue weighted by Crippen LogP contribution is 2.26. The van der Waals surface area contributed by atoms with Crippen LogP contribution in [0, 0.1) is 0 Å². The van der Waals surface area contributed by atoms with Crippen molar-refractivity contribution in [3.63, 3.8) is 0 Å². The third kappa shape index (κ3) is 3.44. The van der Waals surface area contributed by atoms with Crippen LogP contribution in [0.25, 0.3) is 0 Å². The van der Waals surface area contributed by atoms with Gasteiger partial charge in [-0.2, -0.15) is 0 Å². The fourth-order valence-corrected chi connectivity index (χ4v) is 3.25. The zero-order valence-electron chi connectivity index (χ0n) is 10.0. The molecule has 1 heterocycles. The summed E-state index contributed by atoms with van der Waals surface area (Å²) in [6.07, 6.45) is 2.60. The molecule has 2 rings (SSSR count). The Hall–Kier alpha value is -0.0900. The summed E-state index contributed by atoms with van der Waals surface area (Å²) in [6.45, 7) is 3.27. The van der Waals surface area contributed by atoms with Crippen molar-refractivity contribution in [1.82, 2.24) is 10.2 Å².